The number of nitrogens with one attached hydrogen (secondary N) is 1. The lowest BCUT2D eigenvalue weighted by Gasteiger charge is -2.10. The van der Waals surface area contributed by atoms with Crippen LogP contribution in [-0.4, -0.2) is 11.0 Å². The Bertz CT molecular complexity index is 588. The zero-order valence-electron chi connectivity index (χ0n) is 12.0. The molecule has 0 saturated heterocycles. The van der Waals surface area contributed by atoms with Crippen LogP contribution in [0.25, 0.3) is 0 Å². The van der Waals surface area contributed by atoms with Gasteiger partial charge in [-0.05, 0) is 62.1 Å². The van der Waals surface area contributed by atoms with Crippen LogP contribution in [0.3, 0.4) is 0 Å². The van der Waals surface area contributed by atoms with Crippen LogP contribution in [-0.2, 0) is 6.54 Å². The predicted octanol–water partition coefficient (Wildman–Crippen LogP) is 3.74. The molecule has 0 amide bonds. The second-order valence-corrected chi connectivity index (χ2v) is 5.48. The van der Waals surface area contributed by atoms with E-state index in [-0.39, 0.29) is 0 Å². The van der Waals surface area contributed by atoms with Gasteiger partial charge in [0.05, 0.1) is 6.20 Å². The van der Waals surface area contributed by atoms with Crippen LogP contribution in [0.5, 0.6) is 11.5 Å². The van der Waals surface area contributed by atoms with Crippen molar-refractivity contribution in [1.29, 1.82) is 0 Å². The number of nitrogens with zero attached hydrogens (tertiary/aromatic N) is 1. The maximum atomic E-state index is 5.82. The van der Waals surface area contributed by atoms with E-state index in [9.17, 15) is 0 Å². The number of hydrogen-bond acceptors (Lipinski definition) is 3. The summed E-state index contributed by atoms with van der Waals surface area (Å²) in [7, 11) is 0. The zero-order chi connectivity index (χ0) is 13.9. The molecular weight excluding hydrogens is 248 g/mol. The molecule has 0 aliphatic heterocycles. The Morgan fingerprint density at radius 1 is 1.15 bits per heavy atom. The van der Waals surface area contributed by atoms with Gasteiger partial charge in [0, 0.05) is 18.3 Å². The quantitative estimate of drug-likeness (QED) is 0.897. The van der Waals surface area contributed by atoms with E-state index in [1.165, 1.54) is 24.0 Å². The highest BCUT2D eigenvalue weighted by atomic mass is 16.5. The van der Waals surface area contributed by atoms with Crippen molar-refractivity contribution in [2.24, 2.45) is 0 Å². The fourth-order valence-corrected chi connectivity index (χ4v) is 2.12. The Morgan fingerprint density at radius 2 is 1.95 bits per heavy atom. The summed E-state index contributed by atoms with van der Waals surface area (Å²) >= 11 is 0. The van der Waals surface area contributed by atoms with Gasteiger partial charge in [0.25, 0.3) is 0 Å². The molecule has 20 heavy (non-hydrogen) atoms. The number of rotatable bonds is 5. The molecule has 3 rings (SSSR count). The van der Waals surface area contributed by atoms with Crippen LogP contribution in [0.15, 0.2) is 36.5 Å². The third-order valence-electron chi connectivity index (χ3n) is 3.59. The fourth-order valence-electron chi connectivity index (χ4n) is 2.12. The molecule has 2 aromatic rings. The van der Waals surface area contributed by atoms with Gasteiger partial charge >= 0.3 is 0 Å². The van der Waals surface area contributed by atoms with Gasteiger partial charge in [0.15, 0.2) is 0 Å². The van der Waals surface area contributed by atoms with Crippen LogP contribution < -0.4 is 10.1 Å². The van der Waals surface area contributed by atoms with Gasteiger partial charge in [-0.2, -0.15) is 0 Å². The molecule has 0 spiro atoms. The first-order valence-electron chi connectivity index (χ1n) is 7.14. The third kappa shape index (κ3) is 3.36. The summed E-state index contributed by atoms with van der Waals surface area (Å²) in [5, 5.41) is 3.54. The first-order valence-corrected chi connectivity index (χ1v) is 7.14. The number of hydrogen-bond donors (Lipinski definition) is 1. The van der Waals surface area contributed by atoms with E-state index in [4.69, 9.17) is 4.74 Å². The van der Waals surface area contributed by atoms with Gasteiger partial charge in [-0.3, -0.25) is 4.98 Å². The monoisotopic (exact) mass is 268 g/mol. The zero-order valence-corrected chi connectivity index (χ0v) is 12.0. The average molecular weight is 268 g/mol. The van der Waals surface area contributed by atoms with E-state index < -0.39 is 0 Å². The van der Waals surface area contributed by atoms with Crippen LogP contribution in [0, 0.1) is 13.8 Å². The normalized spacial score (nSPS) is 14.3. The number of benzene rings is 1. The molecule has 1 saturated carbocycles. The first-order chi connectivity index (χ1) is 9.70. The molecular formula is C17H20N2O. The second-order valence-electron chi connectivity index (χ2n) is 5.48. The van der Waals surface area contributed by atoms with Crippen LogP contribution in [0.4, 0.5) is 0 Å². The Hall–Kier alpha value is -1.87. The predicted molar refractivity (Wildman–Crippen MR) is 80.1 cm³/mol. The molecule has 0 unspecified atom stereocenters. The lowest BCUT2D eigenvalue weighted by Crippen LogP contribution is -2.15. The average Bonchev–Trinajstić information content (AvgIpc) is 3.25. The second kappa shape index (κ2) is 5.63. The summed E-state index contributed by atoms with van der Waals surface area (Å²) in [6, 6.07) is 10.9. The molecule has 0 atom stereocenters. The minimum absolute atomic E-state index is 0.740. The topological polar surface area (TPSA) is 34.1 Å². The molecule has 0 bridgehead atoms. The molecule has 1 N–H and O–H groups in total. The van der Waals surface area contributed by atoms with Crippen molar-refractivity contribution in [3.63, 3.8) is 0 Å². The van der Waals surface area contributed by atoms with Crippen molar-refractivity contribution in [1.82, 2.24) is 10.3 Å². The van der Waals surface area contributed by atoms with Crippen molar-refractivity contribution in [2.45, 2.75) is 39.3 Å². The van der Waals surface area contributed by atoms with Crippen molar-refractivity contribution in [3.8, 4) is 11.5 Å². The largest absolute Gasteiger partial charge is 0.456 e. The molecule has 3 heteroatoms. The summed E-state index contributed by atoms with van der Waals surface area (Å²) in [6.07, 6.45) is 4.40. The Morgan fingerprint density at radius 3 is 2.60 bits per heavy atom. The van der Waals surface area contributed by atoms with Gasteiger partial charge in [0.2, 0.25) is 0 Å². The van der Waals surface area contributed by atoms with Crippen LogP contribution >= 0.6 is 0 Å². The molecule has 1 aromatic heterocycles. The van der Waals surface area contributed by atoms with Crippen molar-refractivity contribution in [2.75, 3.05) is 0 Å². The summed E-state index contributed by atoms with van der Waals surface area (Å²) in [5.41, 5.74) is 3.59. The van der Waals surface area contributed by atoms with Gasteiger partial charge < -0.3 is 10.1 Å². The molecule has 0 radical (unpaired) electrons. The van der Waals surface area contributed by atoms with E-state index in [0.717, 1.165) is 29.8 Å². The number of aromatic nitrogens is 1. The molecule has 3 nitrogen and oxygen atoms in total. The number of aryl methyl sites for hydroxylation is 2. The maximum Gasteiger partial charge on any atom is 0.145 e. The lowest BCUT2D eigenvalue weighted by molar-refractivity contribution is 0.479. The molecule has 1 heterocycles. The smallest absolute Gasteiger partial charge is 0.145 e. The molecule has 1 aliphatic rings. The Labute approximate surface area is 120 Å². The maximum absolute atomic E-state index is 5.82. The van der Waals surface area contributed by atoms with Crippen molar-refractivity contribution in [3.05, 3.63) is 53.3 Å². The van der Waals surface area contributed by atoms with E-state index in [2.05, 4.69) is 29.4 Å². The Balaban J connectivity index is 1.67. The van der Waals surface area contributed by atoms with Gasteiger partial charge in [0.1, 0.15) is 11.5 Å². The van der Waals surface area contributed by atoms with Gasteiger partial charge in [-0.1, -0.05) is 6.07 Å². The van der Waals surface area contributed by atoms with Gasteiger partial charge in [-0.15, -0.1) is 0 Å². The van der Waals surface area contributed by atoms with Crippen molar-refractivity contribution < 1.29 is 4.74 Å². The summed E-state index contributed by atoms with van der Waals surface area (Å²) in [5.74, 6) is 1.64. The van der Waals surface area contributed by atoms with Crippen LogP contribution in [0.2, 0.25) is 0 Å². The molecule has 104 valence electrons. The van der Waals surface area contributed by atoms with E-state index >= 15 is 0 Å². The highest BCUT2D eigenvalue weighted by molar-refractivity contribution is 5.37. The lowest BCUT2D eigenvalue weighted by atomic mass is 10.1. The molecule has 1 aliphatic carbocycles. The number of ether oxygens (including phenoxy) is 1. The molecule has 1 aromatic carbocycles. The van der Waals surface area contributed by atoms with Gasteiger partial charge in [-0.25, -0.2) is 0 Å². The third-order valence-corrected chi connectivity index (χ3v) is 3.59. The fraction of sp³-hybridized carbons (Fsp3) is 0.353. The highest BCUT2D eigenvalue weighted by Gasteiger charge is 2.20. The summed E-state index contributed by atoms with van der Waals surface area (Å²) < 4.78 is 5.82. The minimum atomic E-state index is 0.740. The first kappa shape index (κ1) is 13.1. The number of pyridine rings is 1. The van der Waals surface area contributed by atoms with E-state index in [1.54, 1.807) is 6.20 Å². The molecule has 1 fully saturated rings. The van der Waals surface area contributed by atoms with E-state index in [0.29, 0.717) is 0 Å². The van der Waals surface area contributed by atoms with E-state index in [1.807, 2.05) is 25.1 Å². The SMILES string of the molecule is Cc1ccc(Oc2ccc(CNC3CC3)c(C)c2)cn1. The van der Waals surface area contributed by atoms with Crippen LogP contribution in [0.1, 0.15) is 29.7 Å². The highest BCUT2D eigenvalue weighted by Crippen LogP contribution is 2.24. The summed E-state index contributed by atoms with van der Waals surface area (Å²) in [6.45, 7) is 5.04. The Kier molecular flexibility index (Phi) is 3.70. The minimum Gasteiger partial charge on any atom is -0.456 e. The van der Waals surface area contributed by atoms with Crippen molar-refractivity contribution >= 4 is 0 Å². The summed E-state index contributed by atoms with van der Waals surface area (Å²) in [4.78, 5) is 4.24. The standard InChI is InChI=1S/C17H20N2O/c1-12-9-16(20-17-7-3-13(2)18-11-17)8-4-14(12)10-19-15-5-6-15/h3-4,7-9,11,15,19H,5-6,10H2,1-2H3.